The van der Waals surface area contributed by atoms with Gasteiger partial charge in [0.1, 0.15) is 23.6 Å². The van der Waals surface area contributed by atoms with E-state index in [9.17, 15) is 0 Å². The van der Waals surface area contributed by atoms with Gasteiger partial charge in [-0.2, -0.15) is 0 Å². The largest absolute Gasteiger partial charge is 0.497 e. The number of fused-ring (bicyclic) bond motifs is 4. The van der Waals surface area contributed by atoms with Crippen LogP contribution in [0.3, 0.4) is 0 Å². The maximum absolute atomic E-state index is 6.40. The molecule has 0 atom stereocenters. The third-order valence-electron chi connectivity index (χ3n) is 6.79. The number of hydrogen-bond acceptors (Lipinski definition) is 6. The monoisotopic (exact) mass is 498 g/mol. The number of benzene rings is 4. The molecule has 0 aliphatic carbocycles. The second-order valence-electron chi connectivity index (χ2n) is 8.92. The number of aromatic nitrogens is 4. The van der Waals surface area contributed by atoms with Crippen LogP contribution in [-0.4, -0.2) is 33.8 Å². The van der Waals surface area contributed by atoms with Crippen LogP contribution in [0.2, 0.25) is 0 Å². The van der Waals surface area contributed by atoms with Gasteiger partial charge in [0.05, 0.1) is 19.6 Å². The van der Waals surface area contributed by atoms with E-state index >= 15 is 0 Å². The zero-order valence-corrected chi connectivity index (χ0v) is 20.8. The van der Waals surface area contributed by atoms with Crippen molar-refractivity contribution in [3.63, 3.8) is 0 Å². The summed E-state index contributed by atoms with van der Waals surface area (Å²) in [5.74, 6) is 2.87. The lowest BCUT2D eigenvalue weighted by molar-refractivity contribution is 0.414. The van der Waals surface area contributed by atoms with Crippen LogP contribution in [0.4, 0.5) is 0 Å². The van der Waals surface area contributed by atoms with Gasteiger partial charge in [0.15, 0.2) is 11.5 Å². The molecule has 0 radical (unpaired) electrons. The smallest absolute Gasteiger partial charge is 0.232 e. The zero-order valence-electron chi connectivity index (χ0n) is 20.8. The van der Waals surface area contributed by atoms with Gasteiger partial charge in [0, 0.05) is 16.7 Å². The van der Waals surface area contributed by atoms with Crippen LogP contribution in [-0.2, 0) is 0 Å². The lowest BCUT2D eigenvalue weighted by atomic mass is 9.99. The molecule has 7 rings (SSSR count). The van der Waals surface area contributed by atoms with Crippen molar-refractivity contribution in [1.82, 2.24) is 19.6 Å². The summed E-state index contributed by atoms with van der Waals surface area (Å²) in [4.78, 5) is 9.65. The first-order valence-electron chi connectivity index (χ1n) is 12.2. The van der Waals surface area contributed by atoms with Crippen LogP contribution in [0.25, 0.3) is 61.4 Å². The molecule has 0 aliphatic rings. The van der Waals surface area contributed by atoms with Gasteiger partial charge in [-0.15, -0.1) is 5.10 Å². The molecule has 0 unspecified atom stereocenters. The molecule has 0 N–H and O–H groups in total. The highest BCUT2D eigenvalue weighted by Crippen LogP contribution is 2.42. The molecule has 7 aromatic rings. The Kier molecular flexibility index (Phi) is 5.07. The molecule has 0 saturated heterocycles. The van der Waals surface area contributed by atoms with E-state index in [4.69, 9.17) is 24.0 Å². The van der Waals surface area contributed by atoms with Crippen LogP contribution in [0, 0.1) is 0 Å². The summed E-state index contributed by atoms with van der Waals surface area (Å²) in [6.07, 6.45) is 1.65. The molecule has 184 valence electrons. The molecule has 4 aromatic carbocycles. The van der Waals surface area contributed by atoms with Crippen molar-refractivity contribution in [2.45, 2.75) is 0 Å². The zero-order chi connectivity index (χ0) is 25.6. The predicted molar refractivity (Wildman–Crippen MR) is 147 cm³/mol. The Hall–Kier alpha value is -5.17. The van der Waals surface area contributed by atoms with Gasteiger partial charge >= 0.3 is 0 Å². The Morgan fingerprint density at radius 1 is 0.737 bits per heavy atom. The van der Waals surface area contributed by atoms with Gasteiger partial charge in [0.2, 0.25) is 5.71 Å². The number of rotatable bonds is 5. The van der Waals surface area contributed by atoms with E-state index in [0.717, 1.165) is 49.9 Å². The third-order valence-corrected chi connectivity index (χ3v) is 6.79. The highest BCUT2D eigenvalue weighted by Gasteiger charge is 2.23. The fourth-order valence-electron chi connectivity index (χ4n) is 4.91. The summed E-state index contributed by atoms with van der Waals surface area (Å²) in [5.41, 5.74) is 4.88. The number of ether oxygens (including phenoxy) is 2. The van der Waals surface area contributed by atoms with E-state index in [-0.39, 0.29) is 0 Å². The summed E-state index contributed by atoms with van der Waals surface area (Å²) < 4.78 is 18.9. The Balaban J connectivity index is 1.51. The minimum absolute atomic E-state index is 0.492. The van der Waals surface area contributed by atoms with Gasteiger partial charge in [-0.25, -0.2) is 14.5 Å². The van der Waals surface area contributed by atoms with E-state index < -0.39 is 0 Å². The molecular formula is C31H22N4O3. The summed E-state index contributed by atoms with van der Waals surface area (Å²) >= 11 is 0. The topological polar surface area (TPSA) is 74.7 Å². The minimum Gasteiger partial charge on any atom is -0.497 e. The highest BCUT2D eigenvalue weighted by molar-refractivity contribution is 6.07. The molecule has 0 fully saturated rings. The van der Waals surface area contributed by atoms with Crippen LogP contribution < -0.4 is 9.47 Å². The second-order valence-corrected chi connectivity index (χ2v) is 8.92. The van der Waals surface area contributed by atoms with Crippen molar-refractivity contribution < 1.29 is 13.9 Å². The molecular weight excluding hydrogens is 476 g/mol. The van der Waals surface area contributed by atoms with Crippen molar-refractivity contribution in [2.75, 3.05) is 14.2 Å². The number of nitrogens with zero attached hydrogens (tertiary/aromatic N) is 4. The predicted octanol–water partition coefficient (Wildman–Crippen LogP) is 7.04. The van der Waals surface area contributed by atoms with Crippen molar-refractivity contribution in [3.05, 3.63) is 97.3 Å². The van der Waals surface area contributed by atoms with E-state index in [1.54, 1.807) is 25.1 Å². The normalized spacial score (nSPS) is 11.4. The highest BCUT2D eigenvalue weighted by atomic mass is 16.5. The molecule has 7 nitrogen and oxygen atoms in total. The molecule has 0 saturated carbocycles. The molecule has 0 spiro atoms. The van der Waals surface area contributed by atoms with E-state index in [0.29, 0.717) is 22.9 Å². The first kappa shape index (κ1) is 22.1. The lowest BCUT2D eigenvalue weighted by Gasteiger charge is -2.06. The summed E-state index contributed by atoms with van der Waals surface area (Å²) in [6.45, 7) is 0. The van der Waals surface area contributed by atoms with Gasteiger partial charge in [-0.1, -0.05) is 54.6 Å². The standard InChI is InChI=1S/C31H22N4O3/c1-36-22-14-10-20(11-15-22)26-27-30-33-29(25-9-5-7-19-6-3-4-8-24(19)25)34-35(30)18-32-31(27)38-28(26)21-12-16-23(37-2)17-13-21/h3-18H,1-2H3. The quantitative estimate of drug-likeness (QED) is 0.253. The van der Waals surface area contributed by atoms with Gasteiger partial charge < -0.3 is 13.9 Å². The van der Waals surface area contributed by atoms with E-state index in [1.165, 1.54) is 0 Å². The van der Waals surface area contributed by atoms with Crippen LogP contribution >= 0.6 is 0 Å². The Morgan fingerprint density at radius 3 is 2.16 bits per heavy atom. The van der Waals surface area contributed by atoms with E-state index in [1.807, 2.05) is 72.8 Å². The lowest BCUT2D eigenvalue weighted by Crippen LogP contribution is -1.91. The molecule has 0 bridgehead atoms. The maximum atomic E-state index is 6.40. The number of methoxy groups -OCH3 is 2. The molecule has 38 heavy (non-hydrogen) atoms. The van der Waals surface area contributed by atoms with Gasteiger partial charge in [-0.3, -0.25) is 0 Å². The third kappa shape index (κ3) is 3.48. The molecule has 3 aromatic heterocycles. The van der Waals surface area contributed by atoms with Crippen LogP contribution in [0.15, 0.2) is 102 Å². The summed E-state index contributed by atoms with van der Waals surface area (Å²) in [5, 5.41) is 7.84. The van der Waals surface area contributed by atoms with Crippen molar-refractivity contribution in [3.8, 4) is 45.3 Å². The summed E-state index contributed by atoms with van der Waals surface area (Å²) in [6, 6.07) is 30.1. The fraction of sp³-hybridized carbons (Fsp3) is 0.0645. The molecule has 7 heteroatoms. The van der Waals surface area contributed by atoms with Gasteiger partial charge in [-0.05, 0) is 52.7 Å². The Bertz CT molecular complexity index is 1930. The molecule has 0 amide bonds. The second kappa shape index (κ2) is 8.74. The van der Waals surface area contributed by atoms with Gasteiger partial charge in [0.25, 0.3) is 0 Å². The number of furan rings is 1. The maximum Gasteiger partial charge on any atom is 0.232 e. The van der Waals surface area contributed by atoms with Crippen molar-refractivity contribution in [2.24, 2.45) is 0 Å². The summed E-state index contributed by atoms with van der Waals surface area (Å²) in [7, 11) is 3.31. The van der Waals surface area contributed by atoms with Crippen molar-refractivity contribution in [1.29, 1.82) is 0 Å². The SMILES string of the molecule is COc1ccc(-c2oc3ncn4nc(-c5cccc6ccccc56)nc4c3c2-c2ccc(OC)cc2)cc1. The van der Waals surface area contributed by atoms with Crippen LogP contribution in [0.1, 0.15) is 0 Å². The average Bonchev–Trinajstić information content (AvgIpc) is 3.59. The first-order valence-corrected chi connectivity index (χ1v) is 12.2. The molecule has 3 heterocycles. The average molecular weight is 499 g/mol. The van der Waals surface area contributed by atoms with E-state index in [2.05, 4.69) is 23.2 Å². The Labute approximate surface area is 217 Å². The van der Waals surface area contributed by atoms with Crippen molar-refractivity contribution >= 4 is 27.5 Å². The first-order chi connectivity index (χ1) is 18.7. The Morgan fingerprint density at radius 2 is 1.42 bits per heavy atom. The van der Waals surface area contributed by atoms with Crippen LogP contribution in [0.5, 0.6) is 11.5 Å². The molecule has 0 aliphatic heterocycles. The minimum atomic E-state index is 0.492. The fourth-order valence-corrected chi connectivity index (χ4v) is 4.91. The number of hydrogen-bond donors (Lipinski definition) is 0.